The smallest absolute Gasteiger partial charge is 0.360 e. The third-order valence-corrected chi connectivity index (χ3v) is 6.07. The molecule has 28 heavy (non-hydrogen) atoms. The van der Waals surface area contributed by atoms with Gasteiger partial charge in [-0.15, -0.1) is 0 Å². The fraction of sp³-hybridized carbons (Fsp3) is 0.263. The van der Waals surface area contributed by atoms with Gasteiger partial charge in [0.25, 0.3) is 0 Å². The van der Waals surface area contributed by atoms with Gasteiger partial charge in [-0.25, -0.2) is 18.2 Å². The average Bonchev–Trinajstić information content (AvgIpc) is 3.18. The van der Waals surface area contributed by atoms with Crippen molar-refractivity contribution in [3.63, 3.8) is 0 Å². The van der Waals surface area contributed by atoms with E-state index in [2.05, 4.69) is 9.72 Å². The first-order valence-electron chi connectivity index (χ1n) is 8.47. The number of carbonyl (C=O) groups excluding carboxylic acids is 1. The molecule has 0 bridgehead atoms. The number of aromatic nitrogens is 1. The summed E-state index contributed by atoms with van der Waals surface area (Å²) < 4.78 is 42.8. The zero-order chi connectivity index (χ0) is 20.1. The molecule has 1 aromatic heterocycles. The molecule has 0 N–H and O–H groups in total. The number of carbonyl (C=O) groups is 1. The SMILES string of the molecule is COCCN(Cc1nc(C(=O)OC)co1)S(=O)(=O)c1cccc2ccccc12. The molecule has 1 heterocycles. The van der Waals surface area contributed by atoms with Gasteiger partial charge in [-0.05, 0) is 11.5 Å². The number of benzene rings is 2. The summed E-state index contributed by atoms with van der Waals surface area (Å²) in [6, 6.07) is 12.4. The van der Waals surface area contributed by atoms with Crippen molar-refractivity contribution in [2.75, 3.05) is 27.4 Å². The van der Waals surface area contributed by atoms with Crippen LogP contribution in [0.2, 0.25) is 0 Å². The highest BCUT2D eigenvalue weighted by atomic mass is 32.2. The van der Waals surface area contributed by atoms with Crippen LogP contribution in [0.25, 0.3) is 10.8 Å². The van der Waals surface area contributed by atoms with Crippen LogP contribution in [0.3, 0.4) is 0 Å². The third kappa shape index (κ3) is 4.06. The van der Waals surface area contributed by atoms with Crippen molar-refractivity contribution in [1.82, 2.24) is 9.29 Å². The Balaban J connectivity index is 1.98. The van der Waals surface area contributed by atoms with Crippen LogP contribution in [0.1, 0.15) is 16.4 Å². The first-order chi connectivity index (χ1) is 13.5. The van der Waals surface area contributed by atoms with Gasteiger partial charge >= 0.3 is 5.97 Å². The lowest BCUT2D eigenvalue weighted by molar-refractivity contribution is 0.0594. The monoisotopic (exact) mass is 404 g/mol. The van der Waals surface area contributed by atoms with Gasteiger partial charge < -0.3 is 13.9 Å². The van der Waals surface area contributed by atoms with E-state index in [4.69, 9.17) is 9.15 Å². The van der Waals surface area contributed by atoms with E-state index in [1.807, 2.05) is 18.2 Å². The molecule has 0 aliphatic carbocycles. The van der Waals surface area contributed by atoms with Crippen molar-refractivity contribution >= 4 is 26.8 Å². The highest BCUT2D eigenvalue weighted by molar-refractivity contribution is 7.89. The summed E-state index contributed by atoms with van der Waals surface area (Å²) in [5.41, 5.74) is -0.0215. The Bertz CT molecular complexity index is 1070. The van der Waals surface area contributed by atoms with Crippen molar-refractivity contribution in [2.24, 2.45) is 0 Å². The van der Waals surface area contributed by atoms with Crippen LogP contribution in [0, 0.1) is 0 Å². The Morgan fingerprint density at radius 1 is 1.14 bits per heavy atom. The van der Waals surface area contributed by atoms with E-state index in [-0.39, 0.29) is 36.2 Å². The van der Waals surface area contributed by atoms with Crippen LogP contribution in [-0.2, 0) is 26.0 Å². The highest BCUT2D eigenvalue weighted by Gasteiger charge is 2.28. The molecule has 3 rings (SSSR count). The van der Waals surface area contributed by atoms with E-state index >= 15 is 0 Å². The second-order valence-corrected chi connectivity index (χ2v) is 7.83. The lowest BCUT2D eigenvalue weighted by Crippen LogP contribution is -2.33. The summed E-state index contributed by atoms with van der Waals surface area (Å²) in [7, 11) is -1.16. The lowest BCUT2D eigenvalue weighted by atomic mass is 10.1. The molecule has 0 aliphatic heterocycles. The van der Waals surface area contributed by atoms with E-state index < -0.39 is 16.0 Å². The molecular weight excluding hydrogens is 384 g/mol. The number of fused-ring (bicyclic) bond motifs is 1. The van der Waals surface area contributed by atoms with Gasteiger partial charge in [0.05, 0.1) is 25.2 Å². The molecule has 0 saturated heterocycles. The fourth-order valence-corrected chi connectivity index (χ4v) is 4.36. The lowest BCUT2D eigenvalue weighted by Gasteiger charge is -2.21. The van der Waals surface area contributed by atoms with Crippen LogP contribution < -0.4 is 0 Å². The van der Waals surface area contributed by atoms with Crippen molar-refractivity contribution < 1.29 is 27.1 Å². The molecule has 0 aliphatic rings. The zero-order valence-corrected chi connectivity index (χ0v) is 16.3. The third-order valence-electron chi connectivity index (χ3n) is 4.17. The van der Waals surface area contributed by atoms with Crippen LogP contribution in [0.15, 0.2) is 58.0 Å². The molecule has 2 aromatic carbocycles. The number of oxazole rings is 1. The summed E-state index contributed by atoms with van der Waals surface area (Å²) in [5, 5.41) is 1.44. The van der Waals surface area contributed by atoms with E-state index in [0.29, 0.717) is 5.39 Å². The predicted octanol–water partition coefficient (Wildman–Crippen LogP) is 2.45. The number of hydrogen-bond acceptors (Lipinski definition) is 7. The molecule has 0 amide bonds. The summed E-state index contributed by atoms with van der Waals surface area (Å²) in [4.78, 5) is 15.7. The first kappa shape index (κ1) is 20.0. The van der Waals surface area contributed by atoms with Gasteiger partial charge in [-0.3, -0.25) is 0 Å². The fourth-order valence-electron chi connectivity index (χ4n) is 2.77. The molecule has 0 fully saturated rings. The Morgan fingerprint density at radius 3 is 2.64 bits per heavy atom. The minimum absolute atomic E-state index is 0.0215. The molecular formula is C19H20N2O6S. The van der Waals surface area contributed by atoms with Crippen LogP contribution in [0.4, 0.5) is 0 Å². The average molecular weight is 404 g/mol. The molecule has 3 aromatic rings. The van der Waals surface area contributed by atoms with E-state index in [1.54, 1.807) is 24.3 Å². The molecule has 8 nitrogen and oxygen atoms in total. The number of ether oxygens (including phenoxy) is 2. The number of methoxy groups -OCH3 is 2. The van der Waals surface area contributed by atoms with Crippen molar-refractivity contribution in [2.45, 2.75) is 11.4 Å². The predicted molar refractivity (Wildman–Crippen MR) is 101 cm³/mol. The van der Waals surface area contributed by atoms with E-state index in [0.717, 1.165) is 11.6 Å². The Morgan fingerprint density at radius 2 is 1.89 bits per heavy atom. The Kier molecular flexibility index (Phi) is 6.08. The number of hydrogen-bond donors (Lipinski definition) is 0. The second kappa shape index (κ2) is 8.51. The second-order valence-electron chi connectivity index (χ2n) is 5.93. The normalized spacial score (nSPS) is 11.8. The number of esters is 1. The van der Waals surface area contributed by atoms with Crippen LogP contribution in [-0.4, -0.2) is 51.0 Å². The Hall–Kier alpha value is -2.75. The maximum atomic E-state index is 13.4. The molecule has 0 unspecified atom stereocenters. The van der Waals surface area contributed by atoms with Crippen molar-refractivity contribution in [1.29, 1.82) is 0 Å². The summed E-state index contributed by atoms with van der Waals surface area (Å²) >= 11 is 0. The molecule has 148 valence electrons. The van der Waals surface area contributed by atoms with E-state index in [9.17, 15) is 13.2 Å². The summed E-state index contributed by atoms with van der Waals surface area (Å²) in [6.07, 6.45) is 1.14. The molecule has 0 spiro atoms. The van der Waals surface area contributed by atoms with Gasteiger partial charge in [-0.1, -0.05) is 36.4 Å². The van der Waals surface area contributed by atoms with Gasteiger partial charge in [0, 0.05) is 19.0 Å². The van der Waals surface area contributed by atoms with Gasteiger partial charge in [0.1, 0.15) is 6.26 Å². The summed E-state index contributed by atoms with van der Waals surface area (Å²) in [5.74, 6) is -0.573. The standard InChI is InChI=1S/C19H20N2O6S/c1-25-11-10-21(12-18-20-16(13-27-18)19(22)26-2)28(23,24)17-9-5-7-14-6-3-4-8-15(14)17/h3-9,13H,10-12H2,1-2H3. The maximum Gasteiger partial charge on any atom is 0.360 e. The minimum atomic E-state index is -3.88. The maximum absolute atomic E-state index is 13.4. The molecule has 0 saturated carbocycles. The van der Waals surface area contributed by atoms with E-state index in [1.165, 1.54) is 18.5 Å². The highest BCUT2D eigenvalue weighted by Crippen LogP contribution is 2.26. The quantitative estimate of drug-likeness (QED) is 0.532. The van der Waals surface area contributed by atoms with Crippen molar-refractivity contribution in [3.05, 3.63) is 60.3 Å². The molecule has 9 heteroatoms. The topological polar surface area (TPSA) is 98.9 Å². The van der Waals surface area contributed by atoms with Gasteiger partial charge in [-0.2, -0.15) is 4.31 Å². The minimum Gasteiger partial charge on any atom is -0.464 e. The Labute approximate surface area is 162 Å². The van der Waals surface area contributed by atoms with Crippen LogP contribution >= 0.6 is 0 Å². The van der Waals surface area contributed by atoms with Crippen molar-refractivity contribution in [3.8, 4) is 0 Å². The van der Waals surface area contributed by atoms with Crippen LogP contribution in [0.5, 0.6) is 0 Å². The molecule has 0 atom stereocenters. The van der Waals surface area contributed by atoms with Gasteiger partial charge in [0.2, 0.25) is 15.9 Å². The zero-order valence-electron chi connectivity index (χ0n) is 15.5. The largest absolute Gasteiger partial charge is 0.464 e. The summed E-state index contributed by atoms with van der Waals surface area (Å²) in [6.45, 7) is 0.137. The van der Waals surface area contributed by atoms with Gasteiger partial charge in [0.15, 0.2) is 5.69 Å². The molecule has 0 radical (unpaired) electrons. The first-order valence-corrected chi connectivity index (χ1v) is 9.91. The number of rotatable bonds is 8. The number of sulfonamides is 1. The number of nitrogens with zero attached hydrogens (tertiary/aromatic N) is 2.